The van der Waals surface area contributed by atoms with Gasteiger partial charge in [-0.05, 0) is 12.1 Å². The molecule has 0 aliphatic rings. The Morgan fingerprint density at radius 1 is 1.35 bits per heavy atom. The van der Waals surface area contributed by atoms with Crippen LogP contribution in [0.25, 0.3) is 10.9 Å². The van der Waals surface area contributed by atoms with E-state index in [4.69, 9.17) is 5.73 Å². The van der Waals surface area contributed by atoms with Gasteiger partial charge in [-0.2, -0.15) is 0 Å². The van der Waals surface area contributed by atoms with Crippen molar-refractivity contribution in [3.63, 3.8) is 0 Å². The second kappa shape index (κ2) is 4.89. The number of anilines is 2. The Hall–Kier alpha value is -2.48. The number of aromatic amines is 1. The number of para-hydroxylation sites is 1. The summed E-state index contributed by atoms with van der Waals surface area (Å²) in [6.45, 7) is 0.425. The molecule has 0 bridgehead atoms. The van der Waals surface area contributed by atoms with Gasteiger partial charge in [0.1, 0.15) is 5.82 Å². The van der Waals surface area contributed by atoms with Crippen molar-refractivity contribution >= 4 is 32.5 Å². The number of benzene rings is 1. The van der Waals surface area contributed by atoms with Crippen molar-refractivity contribution in [2.75, 3.05) is 17.7 Å². The molecule has 0 saturated heterocycles. The first-order chi connectivity index (χ1) is 9.63. The summed E-state index contributed by atoms with van der Waals surface area (Å²) in [6.07, 6.45) is 0. The summed E-state index contributed by atoms with van der Waals surface area (Å²) >= 11 is 1.28. The third-order valence-electron chi connectivity index (χ3n) is 2.81. The van der Waals surface area contributed by atoms with Crippen LogP contribution >= 0.6 is 11.3 Å². The zero-order chi connectivity index (χ0) is 14.1. The van der Waals surface area contributed by atoms with Crippen LogP contribution in [0.5, 0.6) is 0 Å². The van der Waals surface area contributed by atoms with Gasteiger partial charge in [-0.25, -0.2) is 4.98 Å². The summed E-state index contributed by atoms with van der Waals surface area (Å²) in [4.78, 5) is 21.0. The van der Waals surface area contributed by atoms with E-state index < -0.39 is 0 Å². The number of nitrogens with zero attached hydrogens (tertiary/aromatic N) is 4. The minimum absolute atomic E-state index is 0.143. The molecule has 3 rings (SSSR count). The van der Waals surface area contributed by atoms with Gasteiger partial charge in [0.05, 0.1) is 17.4 Å². The third kappa shape index (κ3) is 2.32. The van der Waals surface area contributed by atoms with Gasteiger partial charge in [0, 0.05) is 7.05 Å². The molecule has 7 nitrogen and oxygen atoms in total. The zero-order valence-electron chi connectivity index (χ0n) is 10.7. The molecule has 1 aromatic carbocycles. The van der Waals surface area contributed by atoms with Crippen LogP contribution in [0, 0.1) is 0 Å². The first-order valence-electron chi connectivity index (χ1n) is 5.91. The zero-order valence-corrected chi connectivity index (χ0v) is 11.5. The van der Waals surface area contributed by atoms with Gasteiger partial charge in [0.2, 0.25) is 10.3 Å². The van der Waals surface area contributed by atoms with Crippen LogP contribution < -0.4 is 16.2 Å². The summed E-state index contributed by atoms with van der Waals surface area (Å²) in [5, 5.41) is 9.38. The van der Waals surface area contributed by atoms with Crippen LogP contribution in [0.3, 0.4) is 0 Å². The van der Waals surface area contributed by atoms with Crippen LogP contribution in [-0.2, 0) is 6.54 Å². The first kappa shape index (κ1) is 12.5. The van der Waals surface area contributed by atoms with E-state index in [0.29, 0.717) is 33.5 Å². The molecule has 0 unspecified atom stereocenters. The maximum absolute atomic E-state index is 12.0. The summed E-state index contributed by atoms with van der Waals surface area (Å²) in [6, 6.07) is 7.24. The summed E-state index contributed by atoms with van der Waals surface area (Å²) in [5.74, 6) is 0.574. The fourth-order valence-electron chi connectivity index (χ4n) is 1.88. The Kier molecular flexibility index (Phi) is 3.07. The lowest BCUT2D eigenvalue weighted by molar-refractivity contribution is 0.827. The number of nitrogens with one attached hydrogen (secondary N) is 1. The summed E-state index contributed by atoms with van der Waals surface area (Å²) in [7, 11) is 1.84. The van der Waals surface area contributed by atoms with Crippen molar-refractivity contribution in [2.24, 2.45) is 0 Å². The topological polar surface area (TPSA) is 101 Å². The number of fused-ring (bicyclic) bond motifs is 1. The number of nitrogens with two attached hydrogens (primary N) is 1. The molecule has 0 fully saturated rings. The van der Waals surface area contributed by atoms with E-state index in [9.17, 15) is 4.79 Å². The fourth-order valence-corrected chi connectivity index (χ4v) is 2.45. The highest BCUT2D eigenvalue weighted by atomic mass is 32.1. The minimum atomic E-state index is -0.143. The molecule has 0 aliphatic carbocycles. The number of aromatic nitrogens is 4. The monoisotopic (exact) mass is 288 g/mol. The number of hydrogen-bond acceptors (Lipinski definition) is 7. The molecule has 0 aliphatic heterocycles. The second-order valence-corrected chi connectivity index (χ2v) is 5.30. The molecular formula is C12H12N6OS. The Bertz CT molecular complexity index is 811. The van der Waals surface area contributed by atoms with E-state index in [1.807, 2.05) is 30.1 Å². The lowest BCUT2D eigenvalue weighted by Crippen LogP contribution is -2.21. The van der Waals surface area contributed by atoms with Gasteiger partial charge in [0.25, 0.3) is 5.56 Å². The highest BCUT2D eigenvalue weighted by Gasteiger charge is 2.10. The Morgan fingerprint density at radius 3 is 2.90 bits per heavy atom. The van der Waals surface area contributed by atoms with Crippen LogP contribution in [-0.4, -0.2) is 27.2 Å². The third-order valence-corrected chi connectivity index (χ3v) is 3.67. The van der Waals surface area contributed by atoms with Crippen LogP contribution in [0.15, 0.2) is 29.1 Å². The number of H-pyrrole nitrogens is 1. The van der Waals surface area contributed by atoms with E-state index in [-0.39, 0.29) is 5.56 Å². The molecule has 0 amide bonds. The quantitative estimate of drug-likeness (QED) is 0.745. The van der Waals surface area contributed by atoms with Crippen LogP contribution in [0.1, 0.15) is 5.82 Å². The lowest BCUT2D eigenvalue weighted by Gasteiger charge is -2.14. The van der Waals surface area contributed by atoms with Crippen molar-refractivity contribution in [1.29, 1.82) is 0 Å². The SMILES string of the molecule is CN(Cc1nc2ccccc2c(=O)[nH]1)c1nnc(N)s1. The molecule has 2 aromatic heterocycles. The Morgan fingerprint density at radius 2 is 2.15 bits per heavy atom. The van der Waals surface area contributed by atoms with Crippen molar-refractivity contribution in [3.8, 4) is 0 Å². The predicted octanol–water partition coefficient (Wildman–Crippen LogP) is 0.993. The van der Waals surface area contributed by atoms with Gasteiger partial charge < -0.3 is 15.6 Å². The number of rotatable bonds is 3. The highest BCUT2D eigenvalue weighted by Crippen LogP contribution is 2.21. The largest absolute Gasteiger partial charge is 0.374 e. The molecule has 20 heavy (non-hydrogen) atoms. The van der Waals surface area contributed by atoms with E-state index in [0.717, 1.165) is 0 Å². The van der Waals surface area contributed by atoms with E-state index in [1.54, 1.807) is 6.07 Å². The molecule has 3 aromatic rings. The van der Waals surface area contributed by atoms with Crippen LogP contribution in [0.4, 0.5) is 10.3 Å². The van der Waals surface area contributed by atoms with Gasteiger partial charge in [-0.15, -0.1) is 10.2 Å². The molecule has 0 spiro atoms. The lowest BCUT2D eigenvalue weighted by atomic mass is 10.2. The van der Waals surface area contributed by atoms with Gasteiger partial charge in [-0.3, -0.25) is 4.79 Å². The van der Waals surface area contributed by atoms with Gasteiger partial charge in [-0.1, -0.05) is 23.5 Å². The van der Waals surface area contributed by atoms with Crippen molar-refractivity contribution in [2.45, 2.75) is 6.54 Å². The molecule has 102 valence electrons. The molecule has 2 heterocycles. The molecule has 0 radical (unpaired) electrons. The van der Waals surface area contributed by atoms with E-state index in [2.05, 4.69) is 20.2 Å². The Balaban J connectivity index is 1.93. The average molecular weight is 288 g/mol. The molecule has 0 atom stereocenters. The maximum atomic E-state index is 12.0. The number of nitrogen functional groups attached to an aromatic ring is 1. The van der Waals surface area contributed by atoms with Gasteiger partial charge >= 0.3 is 0 Å². The fraction of sp³-hybridized carbons (Fsp3) is 0.167. The normalized spacial score (nSPS) is 10.8. The van der Waals surface area contributed by atoms with Crippen molar-refractivity contribution < 1.29 is 0 Å². The second-order valence-electron chi connectivity index (χ2n) is 4.31. The maximum Gasteiger partial charge on any atom is 0.258 e. The van der Waals surface area contributed by atoms with Crippen LogP contribution in [0.2, 0.25) is 0 Å². The number of hydrogen-bond donors (Lipinski definition) is 2. The highest BCUT2D eigenvalue weighted by molar-refractivity contribution is 7.18. The first-order valence-corrected chi connectivity index (χ1v) is 6.73. The molecule has 3 N–H and O–H groups in total. The van der Waals surface area contributed by atoms with E-state index >= 15 is 0 Å². The molecular weight excluding hydrogens is 276 g/mol. The van der Waals surface area contributed by atoms with E-state index in [1.165, 1.54) is 11.3 Å². The predicted molar refractivity (Wildman–Crippen MR) is 78.8 cm³/mol. The van der Waals surface area contributed by atoms with Gasteiger partial charge in [0.15, 0.2) is 0 Å². The molecule has 0 saturated carbocycles. The average Bonchev–Trinajstić information content (AvgIpc) is 2.86. The molecule has 8 heteroatoms. The summed E-state index contributed by atoms with van der Waals surface area (Å²) in [5.41, 5.74) is 6.09. The standard InChI is InChI=1S/C12H12N6OS/c1-18(12-17-16-11(13)20-12)6-9-14-8-5-3-2-4-7(8)10(19)15-9/h2-5H,6H2,1H3,(H2,13,16)(H,14,15,19). The Labute approximate surface area is 118 Å². The smallest absolute Gasteiger partial charge is 0.258 e. The van der Waals surface area contributed by atoms with Crippen molar-refractivity contribution in [3.05, 3.63) is 40.4 Å². The van der Waals surface area contributed by atoms with Crippen molar-refractivity contribution in [1.82, 2.24) is 20.2 Å². The minimum Gasteiger partial charge on any atom is -0.374 e. The summed E-state index contributed by atoms with van der Waals surface area (Å²) < 4.78 is 0.